The molecule has 0 atom stereocenters. The highest BCUT2D eigenvalue weighted by molar-refractivity contribution is 6.29. The summed E-state index contributed by atoms with van der Waals surface area (Å²) in [5.41, 5.74) is 0.778. The number of likely N-dealkylation sites (N-methyl/N-ethyl adjacent to an activating group) is 1. The first-order valence-corrected chi connectivity index (χ1v) is 7.60. The molecule has 1 saturated carbocycles. The zero-order valence-corrected chi connectivity index (χ0v) is 13.0. The number of amides is 1. The van der Waals surface area contributed by atoms with Crippen LogP contribution in [0.2, 0.25) is 5.15 Å². The van der Waals surface area contributed by atoms with E-state index in [2.05, 4.69) is 15.3 Å². The molecule has 0 radical (unpaired) electrons. The normalized spacial score (nSPS) is 13.7. The number of rotatable bonds is 5. The number of benzene rings is 1. The highest BCUT2D eigenvalue weighted by atomic mass is 35.5. The molecule has 1 aliphatic carbocycles. The Morgan fingerprint density at radius 2 is 2.05 bits per heavy atom. The Labute approximate surface area is 134 Å². The van der Waals surface area contributed by atoms with Gasteiger partial charge in [0.15, 0.2) is 0 Å². The van der Waals surface area contributed by atoms with Crippen LogP contribution in [-0.2, 0) is 4.79 Å². The lowest BCUT2D eigenvalue weighted by Crippen LogP contribution is -2.30. The topological polar surface area (TPSA) is 58.1 Å². The van der Waals surface area contributed by atoms with Crippen molar-refractivity contribution in [3.63, 3.8) is 0 Å². The lowest BCUT2D eigenvalue weighted by molar-refractivity contribution is -0.114. The van der Waals surface area contributed by atoms with Gasteiger partial charge in [-0.3, -0.25) is 4.79 Å². The van der Waals surface area contributed by atoms with E-state index < -0.39 is 0 Å². The maximum Gasteiger partial charge on any atom is 0.243 e. The summed E-state index contributed by atoms with van der Waals surface area (Å²) in [5.74, 6) is 1.77. The molecule has 1 aromatic heterocycles. The number of para-hydroxylation sites is 1. The SMILES string of the molecule is CN(CC(=O)Nc1ccccc1)c1cc(Cl)nc(C2CC2)n1. The van der Waals surface area contributed by atoms with Crippen LogP contribution in [0, 0.1) is 0 Å². The number of nitrogens with zero attached hydrogens (tertiary/aromatic N) is 3. The van der Waals surface area contributed by atoms with Crippen molar-refractivity contribution in [1.82, 2.24) is 9.97 Å². The molecule has 2 aromatic rings. The zero-order chi connectivity index (χ0) is 15.5. The average molecular weight is 317 g/mol. The van der Waals surface area contributed by atoms with Crippen LogP contribution in [0.5, 0.6) is 0 Å². The predicted octanol–water partition coefficient (Wildman–Crippen LogP) is 3.08. The number of carbonyl (C=O) groups is 1. The van der Waals surface area contributed by atoms with Crippen molar-refractivity contribution >= 4 is 29.0 Å². The van der Waals surface area contributed by atoms with E-state index in [-0.39, 0.29) is 12.5 Å². The van der Waals surface area contributed by atoms with E-state index in [1.54, 1.807) is 11.0 Å². The number of nitrogens with one attached hydrogen (secondary N) is 1. The van der Waals surface area contributed by atoms with Gasteiger partial charge in [0.1, 0.15) is 16.8 Å². The maximum absolute atomic E-state index is 12.1. The molecule has 3 rings (SSSR count). The molecule has 0 aliphatic heterocycles. The number of hydrogen-bond donors (Lipinski definition) is 1. The summed E-state index contributed by atoms with van der Waals surface area (Å²) >= 11 is 6.05. The van der Waals surface area contributed by atoms with Crippen LogP contribution in [0.15, 0.2) is 36.4 Å². The van der Waals surface area contributed by atoms with Crippen LogP contribution in [0.1, 0.15) is 24.6 Å². The fourth-order valence-corrected chi connectivity index (χ4v) is 2.35. The fourth-order valence-electron chi connectivity index (χ4n) is 2.16. The molecule has 1 fully saturated rings. The van der Waals surface area contributed by atoms with E-state index in [0.717, 1.165) is 24.4 Å². The van der Waals surface area contributed by atoms with E-state index in [1.165, 1.54) is 0 Å². The smallest absolute Gasteiger partial charge is 0.243 e. The Kier molecular flexibility index (Phi) is 4.24. The molecule has 1 aromatic carbocycles. The first kappa shape index (κ1) is 14.8. The second kappa shape index (κ2) is 6.32. The van der Waals surface area contributed by atoms with Crippen molar-refractivity contribution in [1.29, 1.82) is 0 Å². The molecule has 5 nitrogen and oxygen atoms in total. The van der Waals surface area contributed by atoms with Gasteiger partial charge >= 0.3 is 0 Å². The van der Waals surface area contributed by atoms with Crippen molar-refractivity contribution in [2.75, 3.05) is 23.8 Å². The molecule has 0 saturated heterocycles. The fraction of sp³-hybridized carbons (Fsp3) is 0.312. The van der Waals surface area contributed by atoms with E-state index in [0.29, 0.717) is 16.9 Å². The molecule has 0 bridgehead atoms. The standard InChI is InChI=1S/C16H17ClN4O/c1-21(10-15(22)18-12-5-3-2-4-6-12)14-9-13(17)19-16(20-14)11-7-8-11/h2-6,9,11H,7-8,10H2,1H3,(H,18,22). The third-order valence-corrected chi connectivity index (χ3v) is 3.66. The molecular weight excluding hydrogens is 300 g/mol. The van der Waals surface area contributed by atoms with Crippen LogP contribution in [0.25, 0.3) is 0 Å². The third kappa shape index (κ3) is 3.74. The summed E-state index contributed by atoms with van der Waals surface area (Å²) in [4.78, 5) is 22.6. The van der Waals surface area contributed by atoms with Gasteiger partial charge in [-0.05, 0) is 25.0 Å². The Bertz CT molecular complexity index is 673. The van der Waals surface area contributed by atoms with Gasteiger partial charge < -0.3 is 10.2 Å². The summed E-state index contributed by atoms with van der Waals surface area (Å²) in [6.07, 6.45) is 2.22. The third-order valence-electron chi connectivity index (χ3n) is 3.47. The van der Waals surface area contributed by atoms with Gasteiger partial charge in [-0.15, -0.1) is 0 Å². The lowest BCUT2D eigenvalue weighted by atomic mass is 10.3. The van der Waals surface area contributed by atoms with Gasteiger partial charge in [-0.1, -0.05) is 29.8 Å². The summed E-state index contributed by atoms with van der Waals surface area (Å²) in [6.45, 7) is 0.201. The lowest BCUT2D eigenvalue weighted by Gasteiger charge is -2.18. The molecule has 1 aliphatic rings. The Balaban J connectivity index is 1.66. The number of anilines is 2. The van der Waals surface area contributed by atoms with E-state index >= 15 is 0 Å². The van der Waals surface area contributed by atoms with Gasteiger partial charge in [0.2, 0.25) is 5.91 Å². The number of halogens is 1. The van der Waals surface area contributed by atoms with Crippen molar-refractivity contribution in [2.45, 2.75) is 18.8 Å². The minimum atomic E-state index is -0.101. The van der Waals surface area contributed by atoms with Gasteiger partial charge in [-0.2, -0.15) is 0 Å². The summed E-state index contributed by atoms with van der Waals surface area (Å²) in [7, 11) is 1.82. The maximum atomic E-state index is 12.1. The molecule has 1 N–H and O–H groups in total. The number of hydrogen-bond acceptors (Lipinski definition) is 4. The van der Waals surface area contributed by atoms with E-state index in [1.807, 2.05) is 37.4 Å². The van der Waals surface area contributed by atoms with Gasteiger partial charge in [0.05, 0.1) is 6.54 Å². The minimum Gasteiger partial charge on any atom is -0.350 e. The van der Waals surface area contributed by atoms with Crippen LogP contribution in [0.4, 0.5) is 11.5 Å². The van der Waals surface area contributed by atoms with Crippen molar-refractivity contribution in [2.24, 2.45) is 0 Å². The highest BCUT2D eigenvalue weighted by Gasteiger charge is 2.27. The van der Waals surface area contributed by atoms with Crippen LogP contribution >= 0.6 is 11.6 Å². The molecule has 1 amide bonds. The zero-order valence-electron chi connectivity index (χ0n) is 12.3. The van der Waals surface area contributed by atoms with Crippen LogP contribution in [-0.4, -0.2) is 29.5 Å². The second-order valence-corrected chi connectivity index (χ2v) is 5.84. The molecular formula is C16H17ClN4O. The number of carbonyl (C=O) groups excluding carboxylic acids is 1. The van der Waals surface area contributed by atoms with Crippen LogP contribution in [0.3, 0.4) is 0 Å². The quantitative estimate of drug-likeness (QED) is 0.861. The Hall–Kier alpha value is -2.14. The molecule has 6 heteroatoms. The highest BCUT2D eigenvalue weighted by Crippen LogP contribution is 2.39. The van der Waals surface area contributed by atoms with Gasteiger partial charge in [0, 0.05) is 24.7 Å². The summed E-state index contributed by atoms with van der Waals surface area (Å²) < 4.78 is 0. The predicted molar refractivity (Wildman–Crippen MR) is 87.4 cm³/mol. The molecule has 0 spiro atoms. The second-order valence-electron chi connectivity index (χ2n) is 5.45. The first-order chi connectivity index (χ1) is 10.6. The van der Waals surface area contributed by atoms with Gasteiger partial charge in [0.25, 0.3) is 0 Å². The van der Waals surface area contributed by atoms with Crippen molar-refractivity contribution in [3.05, 3.63) is 47.4 Å². The molecule has 22 heavy (non-hydrogen) atoms. The Morgan fingerprint density at radius 1 is 1.32 bits per heavy atom. The average Bonchev–Trinajstić information content (AvgIpc) is 3.32. The largest absolute Gasteiger partial charge is 0.350 e. The van der Waals surface area contributed by atoms with Crippen LogP contribution < -0.4 is 10.2 Å². The van der Waals surface area contributed by atoms with E-state index in [4.69, 9.17) is 11.6 Å². The van der Waals surface area contributed by atoms with E-state index in [9.17, 15) is 4.79 Å². The van der Waals surface area contributed by atoms with Gasteiger partial charge in [-0.25, -0.2) is 9.97 Å². The Morgan fingerprint density at radius 3 is 2.73 bits per heavy atom. The van der Waals surface area contributed by atoms with Crippen molar-refractivity contribution in [3.8, 4) is 0 Å². The number of aromatic nitrogens is 2. The summed E-state index contributed by atoms with van der Waals surface area (Å²) in [5, 5.41) is 3.27. The first-order valence-electron chi connectivity index (χ1n) is 7.22. The minimum absolute atomic E-state index is 0.101. The monoisotopic (exact) mass is 316 g/mol. The molecule has 114 valence electrons. The summed E-state index contributed by atoms with van der Waals surface area (Å²) in [6, 6.07) is 11.1. The van der Waals surface area contributed by atoms with Crippen molar-refractivity contribution < 1.29 is 4.79 Å². The molecule has 1 heterocycles. The molecule has 0 unspecified atom stereocenters.